The maximum absolute atomic E-state index is 6.12. The minimum absolute atomic E-state index is 0.353. The van der Waals surface area contributed by atoms with E-state index in [0.29, 0.717) is 17.8 Å². The highest BCUT2D eigenvalue weighted by molar-refractivity contribution is 4.78. The Kier molecular flexibility index (Phi) is 8.06. The van der Waals surface area contributed by atoms with Crippen LogP contribution in [0.2, 0.25) is 0 Å². The Balaban J connectivity index is 4.62. The summed E-state index contributed by atoms with van der Waals surface area (Å²) in [6, 6.07) is 0. The monoisotopic (exact) mass is 243 g/mol. The molecule has 0 aliphatic heterocycles. The molecular formula is C15H31O2. The molecule has 0 aromatic rings. The summed E-state index contributed by atoms with van der Waals surface area (Å²) < 4.78 is 12.2. The molecule has 0 spiro atoms. The van der Waals surface area contributed by atoms with E-state index in [-0.39, 0.29) is 0 Å². The van der Waals surface area contributed by atoms with Crippen molar-refractivity contribution >= 4 is 0 Å². The van der Waals surface area contributed by atoms with E-state index in [4.69, 9.17) is 9.47 Å². The molecular weight excluding hydrogens is 212 g/mol. The molecule has 0 saturated heterocycles. The molecule has 17 heavy (non-hydrogen) atoms. The number of hydrogen-bond donors (Lipinski definition) is 0. The van der Waals surface area contributed by atoms with Crippen molar-refractivity contribution in [2.24, 2.45) is 17.8 Å². The first-order chi connectivity index (χ1) is 7.86. The smallest absolute Gasteiger partial charge is 0.172 e. The normalized spacial score (nSPS) is 13.1. The molecule has 0 heterocycles. The highest BCUT2D eigenvalue weighted by Gasteiger charge is 2.39. The van der Waals surface area contributed by atoms with Gasteiger partial charge in [0.1, 0.15) is 0 Å². The SMILES string of the molecule is [CH2]CCCOC(OCC(C)C)(C(C)C)C(C)C. The molecule has 0 aliphatic carbocycles. The molecule has 0 amide bonds. The average Bonchev–Trinajstić information content (AvgIpc) is 2.22. The molecule has 0 rings (SSSR count). The standard InChI is InChI=1S/C15H31O2/c1-8-9-10-16-15(13(4)5,14(6)7)17-11-12(2)3/h12-14H,1,8-11H2,2-7H3. The fourth-order valence-electron chi connectivity index (χ4n) is 2.01. The maximum atomic E-state index is 6.12. The summed E-state index contributed by atoms with van der Waals surface area (Å²) in [5.74, 6) is 0.792. The van der Waals surface area contributed by atoms with Crippen molar-refractivity contribution in [2.45, 2.75) is 60.2 Å². The van der Waals surface area contributed by atoms with Gasteiger partial charge in [-0.05, 0) is 12.3 Å². The van der Waals surface area contributed by atoms with E-state index in [1.54, 1.807) is 0 Å². The lowest BCUT2D eigenvalue weighted by molar-refractivity contribution is -0.289. The summed E-state index contributed by atoms with van der Waals surface area (Å²) in [6.45, 7) is 18.4. The van der Waals surface area contributed by atoms with Crippen LogP contribution in [0.3, 0.4) is 0 Å². The van der Waals surface area contributed by atoms with Gasteiger partial charge in [-0.25, -0.2) is 0 Å². The van der Waals surface area contributed by atoms with Gasteiger partial charge in [-0.15, -0.1) is 0 Å². The van der Waals surface area contributed by atoms with Crippen molar-refractivity contribution in [3.63, 3.8) is 0 Å². The van der Waals surface area contributed by atoms with Gasteiger partial charge in [0.25, 0.3) is 0 Å². The predicted molar refractivity (Wildman–Crippen MR) is 73.7 cm³/mol. The van der Waals surface area contributed by atoms with Crippen LogP contribution in [0.5, 0.6) is 0 Å². The molecule has 0 aliphatic rings. The van der Waals surface area contributed by atoms with Crippen LogP contribution in [-0.2, 0) is 9.47 Å². The van der Waals surface area contributed by atoms with E-state index in [1.165, 1.54) is 0 Å². The molecule has 2 nitrogen and oxygen atoms in total. The van der Waals surface area contributed by atoms with E-state index in [9.17, 15) is 0 Å². The van der Waals surface area contributed by atoms with Gasteiger partial charge in [0, 0.05) is 11.8 Å². The Labute approximate surface area is 108 Å². The Morgan fingerprint density at radius 3 is 1.82 bits per heavy atom. The Morgan fingerprint density at radius 1 is 0.941 bits per heavy atom. The summed E-state index contributed by atoms with van der Waals surface area (Å²) in [5.41, 5.74) is 0. The summed E-state index contributed by atoms with van der Waals surface area (Å²) in [7, 11) is 0. The van der Waals surface area contributed by atoms with Crippen LogP contribution >= 0.6 is 0 Å². The van der Waals surface area contributed by atoms with Crippen molar-refractivity contribution < 1.29 is 9.47 Å². The van der Waals surface area contributed by atoms with Crippen LogP contribution < -0.4 is 0 Å². The summed E-state index contributed by atoms with van der Waals surface area (Å²) in [6.07, 6.45) is 1.91. The van der Waals surface area contributed by atoms with Gasteiger partial charge in [-0.2, -0.15) is 0 Å². The van der Waals surface area contributed by atoms with Crippen LogP contribution in [0.4, 0.5) is 0 Å². The zero-order chi connectivity index (χ0) is 13.5. The first-order valence-corrected chi connectivity index (χ1v) is 6.94. The van der Waals surface area contributed by atoms with Gasteiger partial charge in [0.05, 0.1) is 13.2 Å². The molecule has 0 fully saturated rings. The Morgan fingerprint density at radius 2 is 1.47 bits per heavy atom. The van der Waals surface area contributed by atoms with Crippen molar-refractivity contribution in [1.82, 2.24) is 0 Å². The predicted octanol–water partition coefficient (Wildman–Crippen LogP) is 4.30. The van der Waals surface area contributed by atoms with Crippen molar-refractivity contribution in [1.29, 1.82) is 0 Å². The second kappa shape index (κ2) is 8.10. The Hall–Kier alpha value is -0.0800. The molecule has 0 aromatic heterocycles. The Bertz CT molecular complexity index is 177. The topological polar surface area (TPSA) is 18.5 Å². The molecule has 0 bridgehead atoms. The summed E-state index contributed by atoms with van der Waals surface area (Å²) in [4.78, 5) is 0. The second-order valence-electron chi connectivity index (χ2n) is 5.79. The molecule has 103 valence electrons. The van der Waals surface area contributed by atoms with Crippen molar-refractivity contribution in [3.8, 4) is 0 Å². The lowest BCUT2D eigenvalue weighted by atomic mass is 9.91. The molecule has 0 atom stereocenters. The highest BCUT2D eigenvalue weighted by atomic mass is 16.7. The minimum Gasteiger partial charge on any atom is -0.349 e. The summed E-state index contributed by atoms with van der Waals surface area (Å²) in [5, 5.41) is 0. The minimum atomic E-state index is -0.445. The van der Waals surface area contributed by atoms with Gasteiger partial charge >= 0.3 is 0 Å². The molecule has 1 radical (unpaired) electrons. The van der Waals surface area contributed by atoms with Crippen LogP contribution in [0, 0.1) is 24.7 Å². The molecule has 0 aromatic carbocycles. The van der Waals surface area contributed by atoms with Gasteiger partial charge in [0.15, 0.2) is 5.79 Å². The summed E-state index contributed by atoms with van der Waals surface area (Å²) >= 11 is 0. The number of rotatable bonds is 9. The van der Waals surface area contributed by atoms with Crippen molar-refractivity contribution in [2.75, 3.05) is 13.2 Å². The van der Waals surface area contributed by atoms with E-state index in [2.05, 4.69) is 48.5 Å². The van der Waals surface area contributed by atoms with Crippen molar-refractivity contribution in [3.05, 3.63) is 6.92 Å². The van der Waals surface area contributed by atoms with E-state index < -0.39 is 5.79 Å². The molecule has 0 N–H and O–H groups in total. The third kappa shape index (κ3) is 5.39. The van der Waals surface area contributed by atoms with Gasteiger partial charge in [0.2, 0.25) is 0 Å². The van der Waals surface area contributed by atoms with Crippen LogP contribution in [0.15, 0.2) is 0 Å². The van der Waals surface area contributed by atoms with Gasteiger partial charge in [-0.1, -0.05) is 54.9 Å². The first-order valence-electron chi connectivity index (χ1n) is 6.94. The lowest BCUT2D eigenvalue weighted by Gasteiger charge is -2.41. The molecule has 0 unspecified atom stereocenters. The lowest BCUT2D eigenvalue weighted by Crippen LogP contribution is -2.47. The highest BCUT2D eigenvalue weighted by Crippen LogP contribution is 2.32. The fraction of sp³-hybridized carbons (Fsp3) is 0.933. The van der Waals surface area contributed by atoms with Gasteiger partial charge < -0.3 is 9.47 Å². The third-order valence-electron chi connectivity index (χ3n) is 2.97. The van der Waals surface area contributed by atoms with Crippen LogP contribution in [0.25, 0.3) is 0 Å². The van der Waals surface area contributed by atoms with Crippen LogP contribution in [-0.4, -0.2) is 19.0 Å². The number of ether oxygens (including phenoxy) is 2. The fourth-order valence-corrected chi connectivity index (χ4v) is 2.01. The average molecular weight is 243 g/mol. The third-order valence-corrected chi connectivity index (χ3v) is 2.97. The zero-order valence-corrected chi connectivity index (χ0v) is 12.6. The first kappa shape index (κ1) is 16.9. The second-order valence-corrected chi connectivity index (χ2v) is 5.79. The number of unbranched alkanes of at least 4 members (excludes halogenated alkanes) is 1. The largest absolute Gasteiger partial charge is 0.349 e. The maximum Gasteiger partial charge on any atom is 0.172 e. The van der Waals surface area contributed by atoms with E-state index >= 15 is 0 Å². The quantitative estimate of drug-likeness (QED) is 0.444. The molecule has 2 heteroatoms. The number of hydrogen-bond acceptors (Lipinski definition) is 2. The van der Waals surface area contributed by atoms with E-state index in [1.807, 2.05) is 0 Å². The van der Waals surface area contributed by atoms with Crippen LogP contribution in [0.1, 0.15) is 54.4 Å². The molecule has 0 saturated carbocycles. The zero-order valence-electron chi connectivity index (χ0n) is 12.6. The van der Waals surface area contributed by atoms with E-state index in [0.717, 1.165) is 26.1 Å². The van der Waals surface area contributed by atoms with Gasteiger partial charge in [-0.3, -0.25) is 0 Å².